The van der Waals surface area contributed by atoms with Crippen LogP contribution in [0.15, 0.2) is 40.4 Å². The lowest BCUT2D eigenvalue weighted by molar-refractivity contribution is 0.0730. The summed E-state index contributed by atoms with van der Waals surface area (Å²) in [4.78, 5) is 14.6. The van der Waals surface area contributed by atoms with Crippen molar-refractivity contribution in [3.05, 3.63) is 41.4 Å². The SMILES string of the molecule is CSc1cnc(CCC(O)CCc2nc3ccc(S(=O)(=O)N4CCOCC4)cc3s2)nc1. The van der Waals surface area contributed by atoms with Crippen LogP contribution in [0.1, 0.15) is 23.7 Å². The average Bonchev–Trinajstić information content (AvgIpc) is 3.24. The van der Waals surface area contributed by atoms with Crippen molar-refractivity contribution in [1.82, 2.24) is 19.3 Å². The normalized spacial score (nSPS) is 16.4. The number of benzene rings is 1. The molecule has 3 heterocycles. The molecular weight excluding hydrogens is 468 g/mol. The smallest absolute Gasteiger partial charge is 0.243 e. The first kappa shape index (κ1) is 23.5. The molecule has 11 heteroatoms. The molecule has 172 valence electrons. The molecule has 1 aliphatic rings. The van der Waals surface area contributed by atoms with E-state index in [0.29, 0.717) is 52.0 Å². The Morgan fingerprint density at radius 2 is 1.91 bits per heavy atom. The highest BCUT2D eigenvalue weighted by molar-refractivity contribution is 7.98. The zero-order chi connectivity index (χ0) is 22.6. The average molecular weight is 495 g/mol. The lowest BCUT2D eigenvalue weighted by Crippen LogP contribution is -2.40. The van der Waals surface area contributed by atoms with Gasteiger partial charge in [0.05, 0.1) is 39.4 Å². The van der Waals surface area contributed by atoms with E-state index in [2.05, 4.69) is 15.0 Å². The Balaban J connectivity index is 1.35. The number of morpholine rings is 1. The zero-order valence-electron chi connectivity index (χ0n) is 17.8. The Hall–Kier alpha value is -1.63. The van der Waals surface area contributed by atoms with Gasteiger partial charge in [-0.1, -0.05) is 0 Å². The fraction of sp³-hybridized carbons (Fsp3) is 0.476. The number of aliphatic hydroxyl groups excluding tert-OH is 1. The highest BCUT2D eigenvalue weighted by atomic mass is 32.2. The number of sulfonamides is 1. The van der Waals surface area contributed by atoms with Crippen molar-refractivity contribution < 1.29 is 18.3 Å². The Labute approximate surface area is 196 Å². The topological polar surface area (TPSA) is 106 Å². The van der Waals surface area contributed by atoms with Crippen LogP contribution in [0.25, 0.3) is 10.2 Å². The zero-order valence-corrected chi connectivity index (χ0v) is 20.3. The van der Waals surface area contributed by atoms with E-state index in [1.807, 2.05) is 6.26 Å². The number of aromatic nitrogens is 3. The number of thiazole rings is 1. The number of ether oxygens (including phenoxy) is 1. The summed E-state index contributed by atoms with van der Waals surface area (Å²) in [5.41, 5.74) is 0.780. The quantitative estimate of drug-likeness (QED) is 0.453. The van der Waals surface area contributed by atoms with Crippen molar-refractivity contribution in [2.24, 2.45) is 0 Å². The minimum Gasteiger partial charge on any atom is -0.393 e. The van der Waals surface area contributed by atoms with Gasteiger partial charge in [-0.25, -0.2) is 23.4 Å². The van der Waals surface area contributed by atoms with E-state index in [1.54, 1.807) is 42.4 Å². The lowest BCUT2D eigenvalue weighted by atomic mass is 10.1. The number of fused-ring (bicyclic) bond motifs is 1. The van der Waals surface area contributed by atoms with E-state index < -0.39 is 16.1 Å². The Bertz CT molecular complexity index is 1150. The van der Waals surface area contributed by atoms with Gasteiger partial charge in [-0.3, -0.25) is 0 Å². The highest BCUT2D eigenvalue weighted by Crippen LogP contribution is 2.28. The molecule has 3 aromatic rings. The van der Waals surface area contributed by atoms with E-state index in [4.69, 9.17) is 4.74 Å². The Morgan fingerprint density at radius 1 is 1.19 bits per heavy atom. The summed E-state index contributed by atoms with van der Waals surface area (Å²) in [7, 11) is -3.53. The third-order valence-electron chi connectivity index (χ3n) is 5.32. The molecule has 1 N–H and O–H groups in total. The van der Waals surface area contributed by atoms with Gasteiger partial charge in [0.25, 0.3) is 0 Å². The van der Waals surface area contributed by atoms with Gasteiger partial charge in [0, 0.05) is 43.2 Å². The molecule has 8 nitrogen and oxygen atoms in total. The van der Waals surface area contributed by atoms with E-state index >= 15 is 0 Å². The van der Waals surface area contributed by atoms with Crippen LogP contribution in [-0.4, -0.2) is 71.4 Å². The second-order valence-corrected chi connectivity index (χ2v) is 11.5. The molecule has 4 rings (SSSR count). The Morgan fingerprint density at radius 3 is 2.62 bits per heavy atom. The van der Waals surface area contributed by atoms with Gasteiger partial charge in [-0.05, 0) is 37.3 Å². The summed E-state index contributed by atoms with van der Waals surface area (Å²) < 4.78 is 33.3. The van der Waals surface area contributed by atoms with Gasteiger partial charge in [-0.15, -0.1) is 23.1 Å². The summed E-state index contributed by atoms with van der Waals surface area (Å²) in [6, 6.07) is 5.08. The predicted octanol–water partition coefficient (Wildman–Crippen LogP) is 2.76. The number of nitrogens with zero attached hydrogens (tertiary/aromatic N) is 4. The number of aliphatic hydroxyl groups is 1. The molecule has 0 aliphatic carbocycles. The van der Waals surface area contributed by atoms with Crippen LogP contribution in [-0.2, 0) is 27.6 Å². The summed E-state index contributed by atoms with van der Waals surface area (Å²) >= 11 is 3.08. The van der Waals surface area contributed by atoms with E-state index in [9.17, 15) is 13.5 Å². The Kier molecular flexibility index (Phi) is 7.74. The second-order valence-electron chi connectivity index (χ2n) is 7.52. The van der Waals surface area contributed by atoms with Crippen molar-refractivity contribution in [3.63, 3.8) is 0 Å². The molecule has 1 aliphatic heterocycles. The number of hydrogen-bond donors (Lipinski definition) is 1. The number of rotatable bonds is 9. The standard InChI is InChI=1S/C21H26N4O4S3/c1-30-16-13-22-20(23-14-16)6-2-15(26)3-7-21-24-18-5-4-17(12-19(18)31-21)32(27,28)25-8-10-29-11-9-25/h4-5,12-15,26H,2-3,6-11H2,1H3. The van der Waals surface area contributed by atoms with Gasteiger partial charge in [-0.2, -0.15) is 4.31 Å². The molecule has 32 heavy (non-hydrogen) atoms. The second kappa shape index (κ2) is 10.5. The van der Waals surface area contributed by atoms with Crippen LogP contribution in [0, 0.1) is 0 Å². The van der Waals surface area contributed by atoms with Crippen LogP contribution < -0.4 is 0 Å². The number of hydrogen-bond acceptors (Lipinski definition) is 9. The molecular formula is C21H26N4O4S3. The molecule has 2 aromatic heterocycles. The third-order valence-corrected chi connectivity index (χ3v) is 8.98. The third kappa shape index (κ3) is 5.64. The number of aryl methyl sites for hydroxylation is 2. The summed E-state index contributed by atoms with van der Waals surface area (Å²) in [5, 5.41) is 11.3. The molecule has 1 fully saturated rings. The minimum atomic E-state index is -3.53. The van der Waals surface area contributed by atoms with Crippen LogP contribution in [0.5, 0.6) is 0 Å². The van der Waals surface area contributed by atoms with Crippen LogP contribution in [0.3, 0.4) is 0 Å². The van der Waals surface area contributed by atoms with Crippen molar-refractivity contribution in [2.75, 3.05) is 32.6 Å². The van der Waals surface area contributed by atoms with Crippen molar-refractivity contribution in [2.45, 2.75) is 41.6 Å². The van der Waals surface area contributed by atoms with Crippen molar-refractivity contribution in [1.29, 1.82) is 0 Å². The fourth-order valence-corrected chi connectivity index (χ4v) is 6.31. The van der Waals surface area contributed by atoms with Crippen LogP contribution in [0.2, 0.25) is 0 Å². The maximum atomic E-state index is 12.9. The number of thioether (sulfide) groups is 1. The van der Waals surface area contributed by atoms with Gasteiger partial charge in [0.15, 0.2) is 0 Å². The van der Waals surface area contributed by atoms with Crippen molar-refractivity contribution >= 4 is 43.3 Å². The van der Waals surface area contributed by atoms with Crippen LogP contribution in [0.4, 0.5) is 0 Å². The predicted molar refractivity (Wildman–Crippen MR) is 126 cm³/mol. The van der Waals surface area contributed by atoms with E-state index in [1.165, 1.54) is 15.6 Å². The first-order valence-electron chi connectivity index (χ1n) is 10.5. The molecule has 0 saturated carbocycles. The first-order chi connectivity index (χ1) is 15.5. The molecule has 1 aromatic carbocycles. The summed E-state index contributed by atoms with van der Waals surface area (Å²) in [6.07, 6.45) is 7.54. The molecule has 0 radical (unpaired) electrons. The van der Waals surface area contributed by atoms with Crippen molar-refractivity contribution in [3.8, 4) is 0 Å². The monoisotopic (exact) mass is 494 g/mol. The molecule has 0 bridgehead atoms. The fourth-order valence-electron chi connectivity index (χ4n) is 3.46. The van der Waals surface area contributed by atoms with E-state index in [-0.39, 0.29) is 4.90 Å². The maximum Gasteiger partial charge on any atom is 0.243 e. The van der Waals surface area contributed by atoms with E-state index in [0.717, 1.165) is 25.9 Å². The molecule has 1 unspecified atom stereocenters. The molecule has 1 saturated heterocycles. The highest BCUT2D eigenvalue weighted by Gasteiger charge is 2.26. The summed E-state index contributed by atoms with van der Waals surface area (Å²) in [5.74, 6) is 0.732. The van der Waals surface area contributed by atoms with Crippen LogP contribution >= 0.6 is 23.1 Å². The van der Waals surface area contributed by atoms with Gasteiger partial charge in [0.1, 0.15) is 5.82 Å². The van der Waals surface area contributed by atoms with Gasteiger partial charge >= 0.3 is 0 Å². The van der Waals surface area contributed by atoms with Gasteiger partial charge in [0.2, 0.25) is 10.0 Å². The maximum absolute atomic E-state index is 12.9. The first-order valence-corrected chi connectivity index (χ1v) is 13.9. The lowest BCUT2D eigenvalue weighted by Gasteiger charge is -2.25. The molecule has 0 spiro atoms. The molecule has 0 amide bonds. The molecule has 1 atom stereocenters. The summed E-state index contributed by atoms with van der Waals surface area (Å²) in [6.45, 7) is 1.59. The largest absolute Gasteiger partial charge is 0.393 e. The van der Waals surface area contributed by atoms with Gasteiger partial charge < -0.3 is 9.84 Å². The minimum absolute atomic E-state index is 0.287.